The molecule has 0 aliphatic carbocycles. The lowest BCUT2D eigenvalue weighted by atomic mass is 10.0. The minimum Gasteiger partial charge on any atom is -0.497 e. The number of ether oxygens (including phenoxy) is 1. The highest BCUT2D eigenvalue weighted by Crippen LogP contribution is 2.19. The molecule has 1 aromatic carbocycles. The molecule has 1 aromatic rings. The summed E-state index contributed by atoms with van der Waals surface area (Å²) in [6.07, 6.45) is -2.03. The second kappa shape index (κ2) is 5.37. The molecule has 16 heavy (non-hydrogen) atoms. The highest BCUT2D eigenvalue weighted by molar-refractivity contribution is 5.64. The van der Waals surface area contributed by atoms with Gasteiger partial charge in [-0.1, -0.05) is 12.1 Å². The Morgan fingerprint density at radius 2 is 1.94 bits per heavy atom. The third-order valence-electron chi connectivity index (χ3n) is 2.28. The predicted molar refractivity (Wildman–Crippen MR) is 58.6 cm³/mol. The summed E-state index contributed by atoms with van der Waals surface area (Å²) in [7, 11) is 1.56. The first-order valence-electron chi connectivity index (χ1n) is 4.86. The normalized spacial score (nSPS) is 13.9. The summed E-state index contributed by atoms with van der Waals surface area (Å²) in [5.74, 6) is 0.690. The Morgan fingerprint density at radius 3 is 2.38 bits per heavy atom. The Labute approximate surface area is 93.7 Å². The molecule has 0 saturated carbocycles. The molecule has 5 heteroatoms. The van der Waals surface area contributed by atoms with E-state index in [1.54, 1.807) is 38.3 Å². The van der Waals surface area contributed by atoms with E-state index in [-0.39, 0.29) is 0 Å². The maximum absolute atomic E-state index is 10.4. The summed E-state index contributed by atoms with van der Waals surface area (Å²) in [4.78, 5) is 10.4. The molecule has 88 valence electrons. The average Bonchev–Trinajstić information content (AvgIpc) is 2.27. The van der Waals surface area contributed by atoms with Gasteiger partial charge in [0.2, 0.25) is 0 Å². The number of carbonyl (C=O) groups is 1. The molecule has 0 aliphatic rings. The first kappa shape index (κ1) is 12.3. The van der Waals surface area contributed by atoms with Crippen LogP contribution in [-0.4, -0.2) is 29.5 Å². The molecular weight excluding hydrogens is 210 g/mol. The van der Waals surface area contributed by atoms with Crippen LogP contribution in [0, 0.1) is 0 Å². The van der Waals surface area contributed by atoms with Crippen LogP contribution >= 0.6 is 0 Å². The number of benzene rings is 1. The first-order chi connectivity index (χ1) is 7.54. The van der Waals surface area contributed by atoms with Gasteiger partial charge in [0, 0.05) is 0 Å². The van der Waals surface area contributed by atoms with Crippen LogP contribution in [0.15, 0.2) is 24.3 Å². The number of rotatable bonds is 4. The predicted octanol–water partition coefficient (Wildman–Crippen LogP) is 1.38. The van der Waals surface area contributed by atoms with Crippen molar-refractivity contribution in [1.29, 1.82) is 0 Å². The smallest absolute Gasteiger partial charge is 0.404 e. The number of hydrogen-bond acceptors (Lipinski definition) is 3. The van der Waals surface area contributed by atoms with Gasteiger partial charge in [-0.25, -0.2) is 4.79 Å². The molecule has 0 aromatic heterocycles. The second-order valence-electron chi connectivity index (χ2n) is 3.46. The largest absolute Gasteiger partial charge is 0.497 e. The lowest BCUT2D eigenvalue weighted by Gasteiger charge is -2.19. The molecule has 0 aliphatic heterocycles. The van der Waals surface area contributed by atoms with E-state index in [9.17, 15) is 9.90 Å². The second-order valence-corrected chi connectivity index (χ2v) is 3.46. The molecule has 0 bridgehead atoms. The van der Waals surface area contributed by atoms with E-state index in [0.29, 0.717) is 11.3 Å². The molecule has 1 rings (SSSR count). The molecule has 0 fully saturated rings. The van der Waals surface area contributed by atoms with E-state index in [4.69, 9.17) is 9.84 Å². The van der Waals surface area contributed by atoms with Gasteiger partial charge in [-0.3, -0.25) is 0 Å². The van der Waals surface area contributed by atoms with Crippen molar-refractivity contribution in [3.63, 3.8) is 0 Å². The van der Waals surface area contributed by atoms with Crippen LogP contribution in [0.5, 0.6) is 5.75 Å². The van der Waals surface area contributed by atoms with Crippen LogP contribution in [0.2, 0.25) is 0 Å². The molecule has 0 heterocycles. The van der Waals surface area contributed by atoms with Gasteiger partial charge in [-0.2, -0.15) is 0 Å². The standard InChI is InChI=1S/C11H15NO4/c1-7(12-11(14)15)10(13)8-3-5-9(16-2)6-4-8/h3-7,10,12-13H,1-2H3,(H,14,15)/t7?,10-/m0/s1. The van der Waals surface area contributed by atoms with E-state index in [1.807, 2.05) is 0 Å². The van der Waals surface area contributed by atoms with Gasteiger partial charge >= 0.3 is 6.09 Å². The summed E-state index contributed by atoms with van der Waals surface area (Å²) in [6.45, 7) is 1.60. The van der Waals surface area contributed by atoms with E-state index in [1.165, 1.54) is 0 Å². The number of aliphatic hydroxyl groups excluding tert-OH is 1. The van der Waals surface area contributed by atoms with Gasteiger partial charge in [0.25, 0.3) is 0 Å². The fourth-order valence-corrected chi connectivity index (χ4v) is 1.36. The number of amides is 1. The summed E-state index contributed by atoms with van der Waals surface area (Å²) < 4.78 is 4.98. The van der Waals surface area contributed by atoms with E-state index in [2.05, 4.69) is 5.32 Å². The summed E-state index contributed by atoms with van der Waals surface area (Å²) in [5, 5.41) is 20.6. The summed E-state index contributed by atoms with van der Waals surface area (Å²) in [5.41, 5.74) is 0.641. The number of methoxy groups -OCH3 is 1. The minimum atomic E-state index is -1.15. The molecule has 5 nitrogen and oxygen atoms in total. The Balaban J connectivity index is 2.71. The third-order valence-corrected chi connectivity index (χ3v) is 2.28. The van der Waals surface area contributed by atoms with Crippen molar-refractivity contribution in [2.24, 2.45) is 0 Å². The molecule has 0 spiro atoms. The number of hydrogen-bond donors (Lipinski definition) is 3. The molecule has 0 saturated heterocycles. The van der Waals surface area contributed by atoms with E-state index >= 15 is 0 Å². The summed E-state index contributed by atoms with van der Waals surface area (Å²) >= 11 is 0. The monoisotopic (exact) mass is 225 g/mol. The SMILES string of the molecule is COc1ccc([C@@H](O)C(C)NC(=O)O)cc1. The highest BCUT2D eigenvalue weighted by atomic mass is 16.5. The lowest BCUT2D eigenvalue weighted by molar-refractivity contribution is 0.127. The van der Waals surface area contributed by atoms with Crippen LogP contribution in [-0.2, 0) is 0 Å². The van der Waals surface area contributed by atoms with E-state index < -0.39 is 18.2 Å². The van der Waals surface area contributed by atoms with Crippen LogP contribution in [0.4, 0.5) is 4.79 Å². The number of carboxylic acid groups (broad SMARTS) is 1. The summed E-state index contributed by atoms with van der Waals surface area (Å²) in [6, 6.07) is 6.26. The topological polar surface area (TPSA) is 78.8 Å². The fraction of sp³-hybridized carbons (Fsp3) is 0.364. The zero-order valence-corrected chi connectivity index (χ0v) is 9.18. The van der Waals surface area contributed by atoms with Gasteiger partial charge in [-0.15, -0.1) is 0 Å². The van der Waals surface area contributed by atoms with Gasteiger partial charge in [0.1, 0.15) is 5.75 Å². The Bertz CT molecular complexity index is 350. The van der Waals surface area contributed by atoms with Gasteiger partial charge in [-0.05, 0) is 24.6 Å². The lowest BCUT2D eigenvalue weighted by Crippen LogP contribution is -2.35. The van der Waals surface area contributed by atoms with Gasteiger partial charge < -0.3 is 20.3 Å². The molecule has 1 amide bonds. The van der Waals surface area contributed by atoms with E-state index in [0.717, 1.165) is 0 Å². The average molecular weight is 225 g/mol. The van der Waals surface area contributed by atoms with Gasteiger partial charge in [0.15, 0.2) is 0 Å². The highest BCUT2D eigenvalue weighted by Gasteiger charge is 2.17. The Morgan fingerprint density at radius 1 is 1.38 bits per heavy atom. The zero-order chi connectivity index (χ0) is 12.1. The van der Waals surface area contributed by atoms with Crippen molar-refractivity contribution >= 4 is 6.09 Å². The molecule has 3 N–H and O–H groups in total. The van der Waals surface area contributed by atoms with Crippen molar-refractivity contribution in [2.75, 3.05) is 7.11 Å². The van der Waals surface area contributed by atoms with Gasteiger partial charge in [0.05, 0.1) is 19.3 Å². The maximum atomic E-state index is 10.4. The fourth-order valence-electron chi connectivity index (χ4n) is 1.36. The number of aliphatic hydroxyl groups is 1. The Hall–Kier alpha value is -1.75. The van der Waals surface area contributed by atoms with Crippen LogP contribution in [0.3, 0.4) is 0 Å². The van der Waals surface area contributed by atoms with Crippen molar-refractivity contribution < 1.29 is 19.7 Å². The van der Waals surface area contributed by atoms with Crippen LogP contribution < -0.4 is 10.1 Å². The zero-order valence-electron chi connectivity index (χ0n) is 9.18. The first-order valence-corrected chi connectivity index (χ1v) is 4.86. The minimum absolute atomic E-state index is 0.564. The molecule has 1 unspecified atom stereocenters. The van der Waals surface area contributed by atoms with Crippen molar-refractivity contribution in [3.05, 3.63) is 29.8 Å². The number of nitrogens with one attached hydrogen (secondary N) is 1. The van der Waals surface area contributed by atoms with Crippen molar-refractivity contribution in [1.82, 2.24) is 5.32 Å². The van der Waals surface area contributed by atoms with Crippen molar-refractivity contribution in [2.45, 2.75) is 19.1 Å². The Kier molecular flexibility index (Phi) is 4.13. The third kappa shape index (κ3) is 3.13. The quantitative estimate of drug-likeness (QED) is 0.723. The maximum Gasteiger partial charge on any atom is 0.404 e. The van der Waals surface area contributed by atoms with Crippen molar-refractivity contribution in [3.8, 4) is 5.75 Å². The molecule has 0 radical (unpaired) electrons. The van der Waals surface area contributed by atoms with Crippen LogP contribution in [0.25, 0.3) is 0 Å². The molecule has 2 atom stereocenters. The molecular formula is C11H15NO4. The van der Waals surface area contributed by atoms with Crippen LogP contribution in [0.1, 0.15) is 18.6 Å².